The molecule has 0 aliphatic rings. The Balaban J connectivity index is 1.38. The number of benzene rings is 3. The minimum Gasteiger partial charge on any atom is -0.486 e. The van der Waals surface area contributed by atoms with Crippen molar-refractivity contribution in [1.82, 2.24) is 19.5 Å². The number of aromatic amines is 2. The van der Waals surface area contributed by atoms with E-state index in [1.54, 1.807) is 18.2 Å². The summed E-state index contributed by atoms with van der Waals surface area (Å²) >= 11 is 0. The SMILES string of the molecule is O=C(Cn1c(COc2ccccc2)nc2ccccc21)Nc1ccc2[nH]c(=O)[nH]c2c1. The number of hydrogen-bond acceptors (Lipinski definition) is 4. The van der Waals surface area contributed by atoms with Crippen LogP contribution in [0.15, 0.2) is 77.6 Å². The third-order valence-corrected chi connectivity index (χ3v) is 4.95. The van der Waals surface area contributed by atoms with E-state index in [4.69, 9.17) is 4.74 Å². The van der Waals surface area contributed by atoms with Gasteiger partial charge in [0.1, 0.15) is 24.7 Å². The monoisotopic (exact) mass is 413 g/mol. The molecule has 2 heterocycles. The van der Waals surface area contributed by atoms with Gasteiger partial charge in [-0.1, -0.05) is 30.3 Å². The molecule has 8 heteroatoms. The minimum atomic E-state index is -0.286. The summed E-state index contributed by atoms with van der Waals surface area (Å²) in [6.07, 6.45) is 0. The van der Waals surface area contributed by atoms with Crippen LogP contribution in [0.5, 0.6) is 5.75 Å². The van der Waals surface area contributed by atoms with Crippen molar-refractivity contribution in [2.24, 2.45) is 0 Å². The maximum absolute atomic E-state index is 12.8. The number of aromatic nitrogens is 4. The summed E-state index contributed by atoms with van der Waals surface area (Å²) in [5.41, 5.74) is 3.28. The Labute approximate surface area is 176 Å². The second-order valence-electron chi connectivity index (χ2n) is 7.09. The molecule has 0 aliphatic carbocycles. The summed E-state index contributed by atoms with van der Waals surface area (Å²) in [5.74, 6) is 1.19. The van der Waals surface area contributed by atoms with Crippen LogP contribution in [0.1, 0.15) is 5.82 Å². The van der Waals surface area contributed by atoms with E-state index in [0.29, 0.717) is 22.5 Å². The predicted octanol–water partition coefficient (Wildman–Crippen LogP) is 3.42. The van der Waals surface area contributed by atoms with E-state index in [1.807, 2.05) is 59.2 Å². The van der Waals surface area contributed by atoms with Crippen LogP contribution in [-0.4, -0.2) is 25.4 Å². The van der Waals surface area contributed by atoms with Crippen LogP contribution in [0, 0.1) is 0 Å². The fourth-order valence-corrected chi connectivity index (χ4v) is 3.53. The van der Waals surface area contributed by atoms with E-state index in [0.717, 1.165) is 16.8 Å². The van der Waals surface area contributed by atoms with Crippen molar-refractivity contribution in [3.05, 3.63) is 89.1 Å². The molecule has 3 aromatic carbocycles. The van der Waals surface area contributed by atoms with Crippen molar-refractivity contribution >= 4 is 33.7 Å². The molecule has 0 saturated heterocycles. The lowest BCUT2D eigenvalue weighted by molar-refractivity contribution is -0.116. The number of fused-ring (bicyclic) bond motifs is 2. The van der Waals surface area contributed by atoms with Crippen molar-refractivity contribution in [2.75, 3.05) is 5.32 Å². The van der Waals surface area contributed by atoms with Gasteiger partial charge in [0, 0.05) is 5.69 Å². The largest absolute Gasteiger partial charge is 0.486 e. The number of rotatable bonds is 6. The van der Waals surface area contributed by atoms with Crippen molar-refractivity contribution in [3.63, 3.8) is 0 Å². The van der Waals surface area contributed by atoms with E-state index in [-0.39, 0.29) is 24.7 Å². The van der Waals surface area contributed by atoms with Gasteiger partial charge in [0.15, 0.2) is 0 Å². The quantitative estimate of drug-likeness (QED) is 0.397. The molecular formula is C23H19N5O3. The van der Waals surface area contributed by atoms with Crippen LogP contribution in [0.3, 0.4) is 0 Å². The second-order valence-corrected chi connectivity index (χ2v) is 7.09. The molecule has 3 N–H and O–H groups in total. The Hall–Kier alpha value is -4.33. The Kier molecular flexibility index (Phi) is 4.72. The Bertz CT molecular complexity index is 1430. The van der Waals surface area contributed by atoms with Crippen molar-refractivity contribution in [3.8, 4) is 5.75 Å². The summed E-state index contributed by atoms with van der Waals surface area (Å²) in [7, 11) is 0. The number of nitrogens with one attached hydrogen (secondary N) is 3. The summed E-state index contributed by atoms with van der Waals surface area (Å²) in [6.45, 7) is 0.318. The molecule has 0 bridgehead atoms. The van der Waals surface area contributed by atoms with Gasteiger partial charge in [-0.15, -0.1) is 0 Å². The molecule has 0 atom stereocenters. The van der Waals surface area contributed by atoms with Crippen molar-refractivity contribution in [2.45, 2.75) is 13.2 Å². The molecule has 8 nitrogen and oxygen atoms in total. The first kappa shape index (κ1) is 18.7. The number of anilines is 1. The molecule has 154 valence electrons. The van der Waals surface area contributed by atoms with Gasteiger partial charge in [0.25, 0.3) is 0 Å². The third-order valence-electron chi connectivity index (χ3n) is 4.95. The van der Waals surface area contributed by atoms with Crippen LogP contribution >= 0.6 is 0 Å². The first-order valence-corrected chi connectivity index (χ1v) is 9.79. The molecule has 2 aromatic heterocycles. The number of carbonyl (C=O) groups excluding carboxylic acids is 1. The number of para-hydroxylation sites is 3. The van der Waals surface area contributed by atoms with Gasteiger partial charge in [-0.2, -0.15) is 0 Å². The van der Waals surface area contributed by atoms with E-state index < -0.39 is 0 Å². The number of amides is 1. The van der Waals surface area contributed by atoms with E-state index >= 15 is 0 Å². The highest BCUT2D eigenvalue weighted by Gasteiger charge is 2.15. The van der Waals surface area contributed by atoms with E-state index in [1.165, 1.54) is 0 Å². The van der Waals surface area contributed by atoms with Gasteiger partial charge in [0.2, 0.25) is 5.91 Å². The Morgan fingerprint density at radius 3 is 2.61 bits per heavy atom. The van der Waals surface area contributed by atoms with Crippen LogP contribution in [-0.2, 0) is 17.9 Å². The minimum absolute atomic E-state index is 0.0791. The zero-order valence-corrected chi connectivity index (χ0v) is 16.5. The van der Waals surface area contributed by atoms with Gasteiger partial charge in [-0.25, -0.2) is 9.78 Å². The standard InChI is InChI=1S/C23H19N5O3/c29-22(24-15-10-11-17-19(12-15)27-23(30)26-17)13-28-20-9-5-4-8-18(20)25-21(28)14-31-16-6-2-1-3-7-16/h1-12H,13-14H2,(H,24,29)(H2,26,27,30). The van der Waals surface area contributed by atoms with Crippen LogP contribution in [0.4, 0.5) is 5.69 Å². The van der Waals surface area contributed by atoms with Gasteiger partial charge in [-0.05, 0) is 42.5 Å². The highest BCUT2D eigenvalue weighted by Crippen LogP contribution is 2.19. The number of ether oxygens (including phenoxy) is 1. The second kappa shape index (κ2) is 7.83. The zero-order chi connectivity index (χ0) is 21.2. The van der Waals surface area contributed by atoms with Gasteiger partial charge in [-0.3, -0.25) is 4.79 Å². The van der Waals surface area contributed by atoms with Gasteiger partial charge >= 0.3 is 5.69 Å². The summed E-state index contributed by atoms with van der Waals surface area (Å²) < 4.78 is 7.71. The van der Waals surface area contributed by atoms with E-state index in [2.05, 4.69) is 20.3 Å². The fourth-order valence-electron chi connectivity index (χ4n) is 3.53. The average Bonchev–Trinajstić information content (AvgIpc) is 3.32. The average molecular weight is 413 g/mol. The number of nitrogens with zero attached hydrogens (tertiary/aromatic N) is 2. The predicted molar refractivity (Wildman–Crippen MR) is 118 cm³/mol. The fraction of sp³-hybridized carbons (Fsp3) is 0.0870. The van der Waals surface area contributed by atoms with Crippen LogP contribution in [0.25, 0.3) is 22.1 Å². The molecule has 0 fully saturated rings. The highest BCUT2D eigenvalue weighted by molar-refractivity contribution is 5.93. The highest BCUT2D eigenvalue weighted by atomic mass is 16.5. The molecule has 0 aliphatic heterocycles. The molecule has 5 aromatic rings. The summed E-state index contributed by atoms with van der Waals surface area (Å²) in [5, 5.41) is 2.88. The number of hydrogen-bond donors (Lipinski definition) is 3. The Morgan fingerprint density at radius 1 is 0.968 bits per heavy atom. The van der Waals surface area contributed by atoms with E-state index in [9.17, 15) is 9.59 Å². The molecule has 0 saturated carbocycles. The molecule has 5 rings (SSSR count). The molecular weight excluding hydrogens is 394 g/mol. The van der Waals surface area contributed by atoms with Crippen LogP contribution < -0.4 is 15.7 Å². The lowest BCUT2D eigenvalue weighted by Gasteiger charge is -2.11. The van der Waals surface area contributed by atoms with Gasteiger partial charge < -0.3 is 24.6 Å². The number of imidazole rings is 2. The van der Waals surface area contributed by atoms with Crippen LogP contribution in [0.2, 0.25) is 0 Å². The van der Waals surface area contributed by atoms with Crippen molar-refractivity contribution < 1.29 is 9.53 Å². The third kappa shape index (κ3) is 3.91. The number of H-pyrrole nitrogens is 2. The Morgan fingerprint density at radius 2 is 1.74 bits per heavy atom. The molecule has 0 spiro atoms. The molecule has 1 amide bonds. The zero-order valence-electron chi connectivity index (χ0n) is 16.5. The maximum atomic E-state index is 12.8. The lowest BCUT2D eigenvalue weighted by atomic mass is 10.2. The normalized spacial score (nSPS) is 11.1. The molecule has 0 unspecified atom stereocenters. The smallest absolute Gasteiger partial charge is 0.323 e. The van der Waals surface area contributed by atoms with Crippen molar-refractivity contribution in [1.29, 1.82) is 0 Å². The maximum Gasteiger partial charge on any atom is 0.323 e. The molecule has 0 radical (unpaired) electrons. The molecule has 31 heavy (non-hydrogen) atoms. The first-order chi connectivity index (χ1) is 15.2. The van der Waals surface area contributed by atoms with Gasteiger partial charge in [0.05, 0.1) is 22.1 Å². The first-order valence-electron chi connectivity index (χ1n) is 9.79. The summed E-state index contributed by atoms with van der Waals surface area (Å²) in [6, 6.07) is 22.4. The number of carbonyl (C=O) groups is 1. The lowest BCUT2D eigenvalue weighted by Crippen LogP contribution is -2.20. The topological polar surface area (TPSA) is 105 Å². The summed E-state index contributed by atoms with van der Waals surface area (Å²) in [4.78, 5) is 34.3.